The van der Waals surface area contributed by atoms with Crippen molar-refractivity contribution in [1.82, 2.24) is 0 Å². The summed E-state index contributed by atoms with van der Waals surface area (Å²) in [6, 6.07) is -0.256. The molecule has 9 heavy (non-hydrogen) atoms. The van der Waals surface area contributed by atoms with Crippen LogP contribution in [0.5, 0.6) is 0 Å². The van der Waals surface area contributed by atoms with Crippen LogP contribution < -0.4 is 11.5 Å². The zero-order valence-corrected chi connectivity index (χ0v) is 5.18. The highest BCUT2D eigenvalue weighted by molar-refractivity contribution is 5.10. The highest BCUT2D eigenvalue weighted by Crippen LogP contribution is 2.15. The predicted octanol–water partition coefficient (Wildman–Crippen LogP) is 0.288. The van der Waals surface area contributed by atoms with E-state index in [9.17, 15) is 4.39 Å². The van der Waals surface area contributed by atoms with Crippen molar-refractivity contribution in [3.05, 3.63) is 11.8 Å². The molecule has 0 aromatic heterocycles. The maximum atomic E-state index is 12.4. The normalized spacial score (nSPS) is 36.0. The molecule has 0 aromatic rings. The molecule has 0 saturated carbocycles. The Morgan fingerprint density at radius 3 is 2.78 bits per heavy atom. The van der Waals surface area contributed by atoms with Gasteiger partial charge < -0.3 is 11.5 Å². The van der Waals surface area contributed by atoms with Crippen LogP contribution in [-0.4, -0.2) is 12.2 Å². The van der Waals surface area contributed by atoms with E-state index in [0.717, 1.165) is 0 Å². The van der Waals surface area contributed by atoms with Crippen molar-refractivity contribution in [1.29, 1.82) is 0 Å². The van der Waals surface area contributed by atoms with Gasteiger partial charge in [0.1, 0.15) is 6.17 Å². The lowest BCUT2D eigenvalue weighted by Gasteiger charge is -2.19. The largest absolute Gasteiger partial charge is 0.401 e. The lowest BCUT2D eigenvalue weighted by Crippen LogP contribution is -2.33. The van der Waals surface area contributed by atoms with Crippen LogP contribution in [0.2, 0.25) is 0 Å². The molecule has 3 heteroatoms. The number of hydrogen-bond donors (Lipinski definition) is 2. The van der Waals surface area contributed by atoms with Gasteiger partial charge in [-0.05, 0) is 12.8 Å². The Balaban J connectivity index is 2.56. The molecule has 1 aliphatic rings. The first-order valence-electron chi connectivity index (χ1n) is 3.05. The molecule has 0 heterocycles. The van der Waals surface area contributed by atoms with Gasteiger partial charge in [-0.15, -0.1) is 0 Å². The van der Waals surface area contributed by atoms with Gasteiger partial charge >= 0.3 is 0 Å². The molecule has 0 bridgehead atoms. The van der Waals surface area contributed by atoms with Gasteiger partial charge in [0, 0.05) is 11.7 Å². The van der Waals surface area contributed by atoms with Crippen molar-refractivity contribution >= 4 is 0 Å². The maximum Gasteiger partial charge on any atom is 0.105 e. The Hall–Kier alpha value is -0.570. The van der Waals surface area contributed by atoms with Crippen molar-refractivity contribution in [3.8, 4) is 0 Å². The molecule has 0 aromatic carbocycles. The van der Waals surface area contributed by atoms with Gasteiger partial charge in [-0.2, -0.15) is 0 Å². The Bertz CT molecular complexity index is 133. The monoisotopic (exact) mass is 130 g/mol. The molecule has 2 atom stereocenters. The summed E-state index contributed by atoms with van der Waals surface area (Å²) in [5, 5.41) is 0. The molecular formula is C6H11FN2. The van der Waals surface area contributed by atoms with Crippen molar-refractivity contribution in [3.63, 3.8) is 0 Å². The SMILES string of the molecule is NC1=CCC(F)CC1N. The van der Waals surface area contributed by atoms with Crippen LogP contribution in [0.1, 0.15) is 12.8 Å². The van der Waals surface area contributed by atoms with E-state index in [4.69, 9.17) is 11.5 Å². The fourth-order valence-electron chi connectivity index (χ4n) is 0.923. The van der Waals surface area contributed by atoms with E-state index in [1.54, 1.807) is 6.08 Å². The first-order valence-corrected chi connectivity index (χ1v) is 3.05. The van der Waals surface area contributed by atoms with Crippen LogP contribution >= 0.6 is 0 Å². The Morgan fingerprint density at radius 2 is 2.33 bits per heavy atom. The van der Waals surface area contributed by atoms with Gasteiger partial charge in [0.05, 0.1) is 0 Å². The number of halogens is 1. The number of rotatable bonds is 0. The predicted molar refractivity (Wildman–Crippen MR) is 34.4 cm³/mol. The van der Waals surface area contributed by atoms with Crippen LogP contribution in [0, 0.1) is 0 Å². The van der Waals surface area contributed by atoms with Crippen molar-refractivity contribution in [2.45, 2.75) is 25.1 Å². The van der Waals surface area contributed by atoms with E-state index in [1.807, 2.05) is 0 Å². The molecule has 1 aliphatic carbocycles. The Labute approximate surface area is 53.7 Å². The zero-order valence-electron chi connectivity index (χ0n) is 5.18. The number of nitrogens with two attached hydrogens (primary N) is 2. The van der Waals surface area contributed by atoms with Crippen molar-refractivity contribution in [2.24, 2.45) is 11.5 Å². The van der Waals surface area contributed by atoms with Crippen LogP contribution in [0.15, 0.2) is 11.8 Å². The molecule has 1 rings (SSSR count). The summed E-state index contributed by atoms with van der Waals surface area (Å²) in [5.74, 6) is 0. The first-order chi connectivity index (χ1) is 4.20. The summed E-state index contributed by atoms with van der Waals surface area (Å²) in [4.78, 5) is 0. The molecule has 52 valence electrons. The van der Waals surface area contributed by atoms with Gasteiger partial charge in [0.25, 0.3) is 0 Å². The third kappa shape index (κ3) is 1.42. The summed E-state index contributed by atoms with van der Waals surface area (Å²) in [7, 11) is 0. The summed E-state index contributed by atoms with van der Waals surface area (Å²) in [6.07, 6.45) is 1.69. The van der Waals surface area contributed by atoms with Crippen LogP contribution in [0.3, 0.4) is 0 Å². The number of alkyl halides is 1. The zero-order chi connectivity index (χ0) is 6.85. The second kappa shape index (κ2) is 2.35. The molecule has 0 spiro atoms. The Kier molecular flexibility index (Phi) is 1.71. The molecule has 4 N–H and O–H groups in total. The summed E-state index contributed by atoms with van der Waals surface area (Å²) in [6.45, 7) is 0. The van der Waals surface area contributed by atoms with Crippen LogP contribution in [0.4, 0.5) is 4.39 Å². The molecule has 0 saturated heterocycles. The van der Waals surface area contributed by atoms with Crippen molar-refractivity contribution in [2.75, 3.05) is 0 Å². The lowest BCUT2D eigenvalue weighted by atomic mass is 9.99. The van der Waals surface area contributed by atoms with E-state index in [0.29, 0.717) is 18.5 Å². The topological polar surface area (TPSA) is 52.0 Å². The summed E-state index contributed by atoms with van der Waals surface area (Å²) >= 11 is 0. The molecule has 0 aliphatic heterocycles. The van der Waals surface area contributed by atoms with Crippen LogP contribution in [0.25, 0.3) is 0 Å². The third-order valence-electron chi connectivity index (χ3n) is 1.55. The average Bonchev–Trinajstić information content (AvgIpc) is 1.80. The minimum Gasteiger partial charge on any atom is -0.401 e. The lowest BCUT2D eigenvalue weighted by molar-refractivity contribution is 0.293. The van der Waals surface area contributed by atoms with E-state index >= 15 is 0 Å². The quantitative estimate of drug-likeness (QED) is 0.495. The van der Waals surface area contributed by atoms with Gasteiger partial charge in [-0.3, -0.25) is 0 Å². The second-order valence-electron chi connectivity index (χ2n) is 2.38. The van der Waals surface area contributed by atoms with Gasteiger partial charge in [-0.1, -0.05) is 6.08 Å². The van der Waals surface area contributed by atoms with Crippen molar-refractivity contribution < 1.29 is 4.39 Å². The fraction of sp³-hybridized carbons (Fsp3) is 0.667. The maximum absolute atomic E-state index is 12.4. The van der Waals surface area contributed by atoms with E-state index in [2.05, 4.69) is 0 Å². The van der Waals surface area contributed by atoms with E-state index in [1.165, 1.54) is 0 Å². The minimum absolute atomic E-state index is 0.256. The fourth-order valence-corrected chi connectivity index (χ4v) is 0.923. The van der Waals surface area contributed by atoms with Crippen LogP contribution in [-0.2, 0) is 0 Å². The molecule has 2 unspecified atom stereocenters. The van der Waals surface area contributed by atoms with Gasteiger partial charge in [-0.25, -0.2) is 4.39 Å². The van der Waals surface area contributed by atoms with Gasteiger partial charge in [0.2, 0.25) is 0 Å². The summed E-state index contributed by atoms with van der Waals surface area (Å²) < 4.78 is 12.4. The summed E-state index contributed by atoms with van der Waals surface area (Å²) in [5.41, 5.74) is 11.5. The highest BCUT2D eigenvalue weighted by atomic mass is 19.1. The molecular weight excluding hydrogens is 119 g/mol. The van der Waals surface area contributed by atoms with Gasteiger partial charge in [0.15, 0.2) is 0 Å². The third-order valence-corrected chi connectivity index (χ3v) is 1.55. The number of hydrogen-bond acceptors (Lipinski definition) is 2. The van der Waals surface area contributed by atoms with E-state index in [-0.39, 0.29) is 6.04 Å². The molecule has 0 fully saturated rings. The number of allylic oxidation sites excluding steroid dienone is 1. The van der Waals surface area contributed by atoms with E-state index < -0.39 is 6.17 Å². The second-order valence-corrected chi connectivity index (χ2v) is 2.38. The average molecular weight is 130 g/mol. The molecule has 2 nitrogen and oxygen atoms in total. The molecule has 0 radical (unpaired) electrons. The first kappa shape index (κ1) is 6.55. The molecule has 0 amide bonds. The Morgan fingerprint density at radius 1 is 1.67 bits per heavy atom. The smallest absolute Gasteiger partial charge is 0.105 e. The minimum atomic E-state index is -0.785. The highest BCUT2D eigenvalue weighted by Gasteiger charge is 2.17. The standard InChI is InChI=1S/C6H11FN2/c7-4-1-2-5(8)6(9)3-4/h2,4,6H,1,3,8-9H2.